The van der Waals surface area contributed by atoms with E-state index in [0.717, 1.165) is 25.7 Å². The van der Waals surface area contributed by atoms with Crippen LogP contribution in [-0.2, 0) is 22.2 Å². The minimum absolute atomic E-state index is 0.0283. The molecule has 6 N–H and O–H groups in total. The fraction of sp³-hybridized carbons (Fsp3) is 0.436. The molecule has 5 heterocycles. The number of alkyl halides is 3. The number of benzene rings is 2. The predicted molar refractivity (Wildman–Crippen MR) is 208 cm³/mol. The first kappa shape index (κ1) is 41.6. The van der Waals surface area contributed by atoms with Crippen LogP contribution in [0.3, 0.4) is 0 Å². The van der Waals surface area contributed by atoms with Crippen LogP contribution >= 0.6 is 11.6 Å². The average Bonchev–Trinajstić information content (AvgIpc) is 3.84. The van der Waals surface area contributed by atoms with Crippen molar-refractivity contribution in [2.45, 2.75) is 25.4 Å². The number of carboxylic acids is 1. The van der Waals surface area contributed by atoms with Crippen molar-refractivity contribution in [3.8, 4) is 11.3 Å². The number of anilines is 2. The molecule has 2 aromatic carbocycles. The van der Waals surface area contributed by atoms with E-state index in [1.54, 1.807) is 16.8 Å². The minimum Gasteiger partial charge on any atom is -0.477 e. The van der Waals surface area contributed by atoms with Crippen LogP contribution in [-0.4, -0.2) is 136 Å². The Morgan fingerprint density at radius 2 is 1.69 bits per heavy atom. The van der Waals surface area contributed by atoms with Crippen LogP contribution in [0.4, 0.5) is 28.9 Å². The molecule has 20 heteroatoms. The molecule has 314 valence electrons. The van der Waals surface area contributed by atoms with Gasteiger partial charge >= 0.3 is 12.1 Å². The van der Waals surface area contributed by atoms with Crippen molar-refractivity contribution in [1.29, 1.82) is 0 Å². The topological polar surface area (TPSA) is 188 Å². The van der Waals surface area contributed by atoms with Gasteiger partial charge in [-0.2, -0.15) is 18.3 Å². The maximum Gasteiger partial charge on any atom is 0.435 e. The van der Waals surface area contributed by atoms with Gasteiger partial charge in [-0.3, -0.25) is 19.5 Å². The molecule has 0 bridgehead atoms. The summed E-state index contributed by atoms with van der Waals surface area (Å²) in [7, 11) is 1.58. The molecule has 0 atom stereocenters. The number of amides is 3. The molecular weight excluding hydrogens is 800 g/mol. The molecule has 3 aliphatic rings. The van der Waals surface area contributed by atoms with E-state index < -0.39 is 36.0 Å². The maximum atomic E-state index is 14.9. The molecule has 3 aliphatic heterocycles. The molecule has 2 aromatic heterocycles. The van der Waals surface area contributed by atoms with E-state index in [9.17, 15) is 41.8 Å². The highest BCUT2D eigenvalue weighted by molar-refractivity contribution is 6.34. The number of aromatic nitrogens is 4. The second-order valence-corrected chi connectivity index (χ2v) is 15.8. The number of piperidine rings is 1. The third-order valence-electron chi connectivity index (χ3n) is 11.4. The largest absolute Gasteiger partial charge is 0.477 e. The Hall–Kier alpha value is -5.53. The monoisotopic (exact) mass is 843 g/mol. The van der Waals surface area contributed by atoms with E-state index in [4.69, 9.17) is 11.6 Å². The average molecular weight is 844 g/mol. The first-order chi connectivity index (χ1) is 28.1. The number of imidazole rings is 1. The number of carbonyl (C=O) groups excluding carboxylic acids is 3. The summed E-state index contributed by atoms with van der Waals surface area (Å²) in [4.78, 5) is 61.9. The number of carboxylic acid groups (broad SMARTS) is 1. The highest BCUT2D eigenvalue weighted by Crippen LogP contribution is 2.37. The number of H-pyrrole nitrogens is 2. The lowest BCUT2D eigenvalue weighted by Crippen LogP contribution is -2.62. The van der Waals surface area contributed by atoms with Gasteiger partial charge in [-0.15, -0.1) is 0 Å². The molecule has 0 aliphatic carbocycles. The molecule has 3 amide bonds. The van der Waals surface area contributed by atoms with Crippen molar-refractivity contribution in [1.82, 2.24) is 35.3 Å². The van der Waals surface area contributed by atoms with Crippen molar-refractivity contribution in [2.75, 3.05) is 83.1 Å². The minimum atomic E-state index is -4.85. The number of hydrogen-bond donors (Lipinski definition) is 6. The third-order valence-corrected chi connectivity index (χ3v) is 11.8. The van der Waals surface area contributed by atoms with Crippen molar-refractivity contribution in [3.05, 3.63) is 81.8 Å². The number of quaternary nitrogens is 1. The molecular formula is C39H44ClF4N10O5+. The van der Waals surface area contributed by atoms with Crippen molar-refractivity contribution >= 4 is 46.7 Å². The second kappa shape index (κ2) is 17.0. The molecule has 15 nitrogen and oxygen atoms in total. The van der Waals surface area contributed by atoms with Gasteiger partial charge in [-0.05, 0) is 36.4 Å². The lowest BCUT2D eigenvalue weighted by molar-refractivity contribution is -0.929. The first-order valence-electron chi connectivity index (χ1n) is 19.3. The van der Waals surface area contributed by atoms with Gasteiger partial charge < -0.3 is 40.3 Å². The Balaban J connectivity index is 0.936. The summed E-state index contributed by atoms with van der Waals surface area (Å²) < 4.78 is 57.3. The Kier molecular flexibility index (Phi) is 12.0. The van der Waals surface area contributed by atoms with E-state index in [1.807, 2.05) is 0 Å². The number of aliphatic carboxylic acids is 1. The molecule has 3 fully saturated rings. The number of rotatable bonds is 12. The highest BCUT2D eigenvalue weighted by atomic mass is 35.5. The fourth-order valence-corrected chi connectivity index (χ4v) is 8.48. The van der Waals surface area contributed by atoms with Gasteiger partial charge in [0.2, 0.25) is 5.91 Å². The van der Waals surface area contributed by atoms with Gasteiger partial charge in [0.05, 0.1) is 35.9 Å². The second-order valence-electron chi connectivity index (χ2n) is 15.4. The van der Waals surface area contributed by atoms with E-state index in [1.165, 1.54) is 36.5 Å². The first-order valence-corrected chi connectivity index (χ1v) is 19.6. The van der Waals surface area contributed by atoms with E-state index in [-0.39, 0.29) is 68.9 Å². The van der Waals surface area contributed by atoms with Crippen molar-refractivity contribution in [3.63, 3.8) is 0 Å². The number of halogens is 5. The molecule has 0 saturated carbocycles. The lowest BCUT2D eigenvalue weighted by Gasteiger charge is -2.46. The third kappa shape index (κ3) is 9.21. The number of likely N-dealkylation sites (tertiary alicyclic amines) is 1. The van der Waals surface area contributed by atoms with Gasteiger partial charge in [0.25, 0.3) is 11.8 Å². The SMILES string of the molecule is CNc1ccc(-c2[nH]nc(C(F)(F)F)c2Cc2cnc(C(=O)Nc3ccc(C(=O)N4CCN(C(=O)C5CC[N+](CC(=O)O)(CC6CNC6)CC5)CC4)c(Cl)c3)[nH]2)c(F)c1. The Bertz CT molecular complexity index is 2230. The number of nitrogens with zero attached hydrogens (tertiary/aromatic N) is 5. The molecule has 0 spiro atoms. The number of carbonyl (C=O) groups is 4. The summed E-state index contributed by atoms with van der Waals surface area (Å²) in [6, 6.07) is 8.34. The summed E-state index contributed by atoms with van der Waals surface area (Å²) in [6.07, 6.45) is -2.82. The maximum absolute atomic E-state index is 14.9. The lowest BCUT2D eigenvalue weighted by atomic mass is 9.90. The number of hydrogen-bond acceptors (Lipinski definition) is 8. The van der Waals surface area contributed by atoms with Crippen LogP contribution in [0.15, 0.2) is 42.6 Å². The van der Waals surface area contributed by atoms with Gasteiger partial charge in [0.1, 0.15) is 5.82 Å². The smallest absolute Gasteiger partial charge is 0.435 e. The number of nitrogens with one attached hydrogen (secondary N) is 5. The van der Waals surface area contributed by atoms with Crippen LogP contribution in [0, 0.1) is 17.7 Å². The molecule has 0 unspecified atom stereocenters. The van der Waals surface area contributed by atoms with E-state index in [2.05, 4.69) is 36.1 Å². The quantitative estimate of drug-likeness (QED) is 0.0893. The number of aromatic amines is 2. The summed E-state index contributed by atoms with van der Waals surface area (Å²) in [5, 5.41) is 24.0. The molecule has 3 saturated heterocycles. The normalized spacial score (nSPS) is 19.9. The Morgan fingerprint density at radius 1 is 1.00 bits per heavy atom. The summed E-state index contributed by atoms with van der Waals surface area (Å²) >= 11 is 6.52. The molecule has 4 aromatic rings. The van der Waals surface area contributed by atoms with Gasteiger partial charge in [-0.25, -0.2) is 14.2 Å². The highest BCUT2D eigenvalue weighted by Gasteiger charge is 2.42. The Labute approximate surface area is 341 Å². The Morgan fingerprint density at radius 3 is 2.31 bits per heavy atom. The molecule has 0 radical (unpaired) electrons. The van der Waals surface area contributed by atoms with Gasteiger partial charge in [0.15, 0.2) is 18.1 Å². The zero-order valence-corrected chi connectivity index (χ0v) is 32.9. The van der Waals surface area contributed by atoms with Gasteiger partial charge in [-0.1, -0.05) is 11.6 Å². The predicted octanol–water partition coefficient (Wildman–Crippen LogP) is 4.31. The van der Waals surface area contributed by atoms with Crippen molar-refractivity contribution < 1.29 is 46.3 Å². The summed E-state index contributed by atoms with van der Waals surface area (Å²) in [6.45, 7) is 5.21. The van der Waals surface area contributed by atoms with Gasteiger partial charge in [0, 0.05) is 112 Å². The van der Waals surface area contributed by atoms with Crippen LogP contribution in [0.2, 0.25) is 5.02 Å². The summed E-state index contributed by atoms with van der Waals surface area (Å²) in [5.74, 6) is -2.60. The van der Waals surface area contributed by atoms with Crippen LogP contribution < -0.4 is 16.0 Å². The summed E-state index contributed by atoms with van der Waals surface area (Å²) in [5.41, 5.74) is -0.890. The van der Waals surface area contributed by atoms with E-state index >= 15 is 0 Å². The molecule has 59 heavy (non-hydrogen) atoms. The zero-order chi connectivity index (χ0) is 42.1. The van der Waals surface area contributed by atoms with Crippen LogP contribution in [0.1, 0.15) is 50.8 Å². The molecule has 7 rings (SSSR count). The standard InChI is InChI=1S/C39H43ClF4N10O5/c1-45-24-2-5-28(31(41)16-24)33-29(34(51-50-33)39(42,43)44)14-26-19-47-35(48-26)36(57)49-25-3-4-27(30(40)15-25)38(59)53-10-8-52(9-11-53)37(58)23-6-12-54(13-7-23,21-32(55)56)20-22-17-46-18-22/h2-5,15-16,19,22-23,46H,6-14,17-18,20-21H2,1H3,(H4-,45,47,48,49,50,51,55,56,57,59)/p+1. The number of piperazine rings is 1. The zero-order valence-electron chi connectivity index (χ0n) is 32.1. The van der Waals surface area contributed by atoms with Crippen LogP contribution in [0.5, 0.6) is 0 Å². The van der Waals surface area contributed by atoms with E-state index in [0.29, 0.717) is 68.2 Å². The fourth-order valence-electron chi connectivity index (χ4n) is 8.22. The van der Waals surface area contributed by atoms with Crippen molar-refractivity contribution in [2.24, 2.45) is 11.8 Å². The van der Waals surface area contributed by atoms with Crippen LogP contribution in [0.25, 0.3) is 11.3 Å².